The standard InChI is InChI=1S/C18H16BrFN4O3/c1-5-7-22-18(27)15(25)12-9(2)14(24(4)10(12)3)17(26)23-11-6-8-21-16(19)13(11)20/h1,6,8H,7H2,2-4H3,(H,22,27)(H,21,23,26). The molecule has 0 aliphatic carbocycles. The van der Waals surface area contributed by atoms with Crippen LogP contribution in [0.2, 0.25) is 0 Å². The number of pyridine rings is 1. The normalized spacial score (nSPS) is 10.2. The molecule has 0 bridgehead atoms. The van der Waals surface area contributed by atoms with E-state index < -0.39 is 23.4 Å². The molecule has 0 unspecified atom stereocenters. The molecule has 2 heterocycles. The zero-order valence-corrected chi connectivity index (χ0v) is 16.4. The van der Waals surface area contributed by atoms with Gasteiger partial charge in [-0.25, -0.2) is 9.37 Å². The van der Waals surface area contributed by atoms with E-state index in [9.17, 15) is 18.8 Å². The van der Waals surface area contributed by atoms with Crippen LogP contribution < -0.4 is 10.6 Å². The molecule has 0 fully saturated rings. The van der Waals surface area contributed by atoms with E-state index in [1.807, 2.05) is 0 Å². The van der Waals surface area contributed by atoms with Crippen molar-refractivity contribution in [3.05, 3.63) is 45.2 Å². The van der Waals surface area contributed by atoms with Crippen LogP contribution in [0, 0.1) is 32.0 Å². The largest absolute Gasteiger partial charge is 0.343 e. The lowest BCUT2D eigenvalue weighted by Crippen LogP contribution is -2.31. The minimum atomic E-state index is -0.860. The number of terminal acetylenes is 1. The van der Waals surface area contributed by atoms with E-state index in [0.29, 0.717) is 11.3 Å². The predicted octanol–water partition coefficient (Wildman–Crippen LogP) is 2.12. The first-order valence-corrected chi connectivity index (χ1v) is 8.53. The Balaban J connectivity index is 2.40. The number of nitrogens with zero attached hydrogens (tertiary/aromatic N) is 2. The van der Waals surface area contributed by atoms with Crippen molar-refractivity contribution in [1.82, 2.24) is 14.9 Å². The summed E-state index contributed by atoms with van der Waals surface area (Å²) in [5.74, 6) is -0.800. The molecule has 2 N–H and O–H groups in total. The zero-order valence-electron chi connectivity index (χ0n) is 14.8. The third-order valence-electron chi connectivity index (χ3n) is 4.02. The molecular formula is C18H16BrFN4O3. The smallest absolute Gasteiger partial charge is 0.293 e. The lowest BCUT2D eigenvalue weighted by Gasteiger charge is -2.09. The molecule has 2 amide bonds. The van der Waals surface area contributed by atoms with Crippen LogP contribution in [0.25, 0.3) is 0 Å². The van der Waals surface area contributed by atoms with Crippen molar-refractivity contribution in [3.8, 4) is 12.3 Å². The highest BCUT2D eigenvalue weighted by Crippen LogP contribution is 2.25. The quantitative estimate of drug-likeness (QED) is 0.326. The molecule has 0 spiro atoms. The summed E-state index contributed by atoms with van der Waals surface area (Å²) in [4.78, 5) is 40.8. The number of ketones is 1. The molecule has 0 aliphatic heterocycles. The van der Waals surface area contributed by atoms with Crippen LogP contribution in [0.5, 0.6) is 0 Å². The number of carbonyl (C=O) groups excluding carboxylic acids is 3. The molecule has 140 valence electrons. The number of rotatable bonds is 5. The Kier molecular flexibility index (Phi) is 6.13. The second kappa shape index (κ2) is 8.14. The van der Waals surface area contributed by atoms with Crippen molar-refractivity contribution in [2.75, 3.05) is 11.9 Å². The first-order valence-electron chi connectivity index (χ1n) is 7.73. The monoisotopic (exact) mass is 434 g/mol. The predicted molar refractivity (Wildman–Crippen MR) is 101 cm³/mol. The number of aromatic nitrogens is 2. The van der Waals surface area contributed by atoms with Crippen molar-refractivity contribution in [2.45, 2.75) is 13.8 Å². The number of carbonyl (C=O) groups is 3. The minimum absolute atomic E-state index is 0.0406. The fourth-order valence-electron chi connectivity index (χ4n) is 2.66. The van der Waals surface area contributed by atoms with Gasteiger partial charge in [0.05, 0.1) is 17.8 Å². The van der Waals surface area contributed by atoms with Crippen molar-refractivity contribution in [1.29, 1.82) is 0 Å². The van der Waals surface area contributed by atoms with Crippen LogP contribution in [0.1, 0.15) is 32.1 Å². The van der Waals surface area contributed by atoms with Gasteiger partial charge in [-0.2, -0.15) is 0 Å². The Bertz CT molecular complexity index is 991. The second-order valence-electron chi connectivity index (χ2n) is 5.63. The molecule has 0 radical (unpaired) electrons. The summed E-state index contributed by atoms with van der Waals surface area (Å²) >= 11 is 2.95. The topological polar surface area (TPSA) is 93.1 Å². The van der Waals surface area contributed by atoms with Crippen LogP contribution in [0.4, 0.5) is 10.1 Å². The Labute approximate surface area is 163 Å². The van der Waals surface area contributed by atoms with Gasteiger partial charge in [0.1, 0.15) is 10.3 Å². The summed E-state index contributed by atoms with van der Waals surface area (Å²) in [6.07, 6.45) is 6.40. The highest BCUT2D eigenvalue weighted by molar-refractivity contribution is 9.10. The van der Waals surface area contributed by atoms with E-state index in [1.165, 1.54) is 16.8 Å². The summed E-state index contributed by atoms with van der Waals surface area (Å²) < 4.78 is 15.5. The van der Waals surface area contributed by atoms with Crippen LogP contribution in [0.15, 0.2) is 16.9 Å². The summed E-state index contributed by atoms with van der Waals surface area (Å²) in [6.45, 7) is 3.07. The van der Waals surface area contributed by atoms with E-state index in [0.717, 1.165) is 0 Å². The van der Waals surface area contributed by atoms with E-state index in [4.69, 9.17) is 6.42 Å². The molecule has 7 nitrogen and oxygen atoms in total. The first kappa shape index (κ1) is 20.3. The molecular weight excluding hydrogens is 419 g/mol. The van der Waals surface area contributed by atoms with Crippen molar-refractivity contribution in [3.63, 3.8) is 0 Å². The third kappa shape index (κ3) is 3.90. The lowest BCUT2D eigenvalue weighted by molar-refractivity contribution is -0.116. The summed E-state index contributed by atoms with van der Waals surface area (Å²) in [5, 5.41) is 4.75. The molecule has 27 heavy (non-hydrogen) atoms. The van der Waals surface area contributed by atoms with E-state index in [-0.39, 0.29) is 28.1 Å². The maximum Gasteiger partial charge on any atom is 0.293 e. The third-order valence-corrected chi connectivity index (χ3v) is 4.58. The number of hydrogen-bond acceptors (Lipinski definition) is 4. The molecule has 9 heteroatoms. The van der Waals surface area contributed by atoms with Gasteiger partial charge in [0, 0.05) is 18.9 Å². The Hall–Kier alpha value is -2.99. The minimum Gasteiger partial charge on any atom is -0.343 e. The SMILES string of the molecule is C#CCNC(=O)C(=O)c1c(C)c(C(=O)Nc2ccnc(Br)c2F)n(C)c1C. The van der Waals surface area contributed by atoms with Crippen LogP contribution in [-0.2, 0) is 11.8 Å². The molecule has 0 atom stereocenters. The van der Waals surface area contributed by atoms with Gasteiger partial charge in [-0.05, 0) is 41.4 Å². The Morgan fingerprint density at radius 3 is 2.67 bits per heavy atom. The number of Topliss-reactive ketones (excluding diaryl/α,β-unsaturated/α-hetero) is 1. The summed E-state index contributed by atoms with van der Waals surface area (Å²) in [5.41, 5.74) is 0.901. The van der Waals surface area contributed by atoms with Gasteiger partial charge < -0.3 is 15.2 Å². The maximum atomic E-state index is 14.1. The molecule has 2 aromatic heterocycles. The van der Waals surface area contributed by atoms with Gasteiger partial charge in [0.2, 0.25) is 0 Å². The average molecular weight is 435 g/mol. The van der Waals surface area contributed by atoms with Crippen molar-refractivity contribution < 1.29 is 18.8 Å². The van der Waals surface area contributed by atoms with E-state index in [2.05, 4.69) is 37.5 Å². The van der Waals surface area contributed by atoms with Gasteiger partial charge in [0.25, 0.3) is 17.6 Å². The number of anilines is 1. The van der Waals surface area contributed by atoms with E-state index >= 15 is 0 Å². The lowest BCUT2D eigenvalue weighted by atomic mass is 10.0. The van der Waals surface area contributed by atoms with Gasteiger partial charge in [-0.15, -0.1) is 6.42 Å². The van der Waals surface area contributed by atoms with Gasteiger partial charge in [-0.1, -0.05) is 5.92 Å². The molecule has 2 aromatic rings. The number of amides is 2. The highest BCUT2D eigenvalue weighted by atomic mass is 79.9. The highest BCUT2D eigenvalue weighted by Gasteiger charge is 2.28. The first-order chi connectivity index (χ1) is 12.7. The molecule has 2 rings (SSSR count). The maximum absolute atomic E-state index is 14.1. The fraction of sp³-hybridized carbons (Fsp3) is 0.222. The number of halogens is 2. The van der Waals surface area contributed by atoms with Crippen LogP contribution >= 0.6 is 15.9 Å². The summed E-state index contributed by atoms with van der Waals surface area (Å²) in [6, 6.07) is 1.31. The Morgan fingerprint density at radius 1 is 1.37 bits per heavy atom. The van der Waals surface area contributed by atoms with Gasteiger partial charge in [-0.3, -0.25) is 14.4 Å². The molecule has 0 saturated carbocycles. The molecule has 0 aliphatic rings. The average Bonchev–Trinajstić information content (AvgIpc) is 2.85. The van der Waals surface area contributed by atoms with E-state index in [1.54, 1.807) is 20.9 Å². The number of hydrogen-bond donors (Lipinski definition) is 2. The number of nitrogens with one attached hydrogen (secondary N) is 2. The van der Waals surface area contributed by atoms with Crippen LogP contribution in [0.3, 0.4) is 0 Å². The van der Waals surface area contributed by atoms with Crippen molar-refractivity contribution in [2.24, 2.45) is 7.05 Å². The second-order valence-corrected chi connectivity index (χ2v) is 6.38. The zero-order chi connectivity index (χ0) is 20.3. The van der Waals surface area contributed by atoms with Gasteiger partial charge in [0.15, 0.2) is 5.82 Å². The molecule has 0 saturated heterocycles. The van der Waals surface area contributed by atoms with Crippen molar-refractivity contribution >= 4 is 39.2 Å². The summed E-state index contributed by atoms with van der Waals surface area (Å²) in [7, 11) is 1.58. The Morgan fingerprint density at radius 2 is 2.04 bits per heavy atom. The fourth-order valence-corrected chi connectivity index (χ4v) is 2.99. The molecule has 0 aromatic carbocycles. The van der Waals surface area contributed by atoms with Crippen LogP contribution in [-0.4, -0.2) is 33.7 Å². The van der Waals surface area contributed by atoms with Gasteiger partial charge >= 0.3 is 0 Å².